The van der Waals surface area contributed by atoms with Gasteiger partial charge < -0.3 is 5.11 Å². The average Bonchev–Trinajstić information content (AvgIpc) is 2.15. The van der Waals surface area contributed by atoms with E-state index in [4.69, 9.17) is 5.11 Å². The van der Waals surface area contributed by atoms with Crippen LogP contribution in [0.3, 0.4) is 0 Å². The van der Waals surface area contributed by atoms with Crippen molar-refractivity contribution in [2.24, 2.45) is 0 Å². The first-order chi connectivity index (χ1) is 6.68. The smallest absolute Gasteiger partial charge is 0.382 e. The lowest BCUT2D eigenvalue weighted by Gasteiger charge is -1.92. The van der Waals surface area contributed by atoms with Gasteiger partial charge in [-0.05, 0) is 24.6 Å². The highest BCUT2D eigenvalue weighted by Crippen LogP contribution is 2.04. The predicted octanol–water partition coefficient (Wildman–Crippen LogP) is 2.10. The van der Waals surface area contributed by atoms with Gasteiger partial charge in [0.2, 0.25) is 0 Å². The lowest BCUT2D eigenvalue weighted by atomic mass is 10.1. The van der Waals surface area contributed by atoms with Gasteiger partial charge in [0.15, 0.2) is 0 Å². The van der Waals surface area contributed by atoms with Crippen LogP contribution in [0.2, 0.25) is 0 Å². The third-order valence-electron chi connectivity index (χ3n) is 1.62. The summed E-state index contributed by atoms with van der Waals surface area (Å²) in [5.74, 6) is 3.31. The maximum Gasteiger partial charge on any atom is 0.382 e. The molecule has 70 valence electrons. The van der Waals surface area contributed by atoms with Crippen LogP contribution in [0.5, 0.6) is 0 Å². The second-order valence-electron chi connectivity index (χ2n) is 2.82. The molecule has 1 rings (SSSR count). The highest BCUT2D eigenvalue weighted by Gasteiger charge is 1.84. The monoisotopic (exact) mass is 186 g/mol. The SMILES string of the molecule is Cc1ccc(/C=C/C#CC(=O)O)cc1. The van der Waals surface area contributed by atoms with E-state index < -0.39 is 5.97 Å². The minimum atomic E-state index is -1.11. The maximum atomic E-state index is 10.0. The zero-order valence-corrected chi connectivity index (χ0v) is 7.82. The van der Waals surface area contributed by atoms with E-state index >= 15 is 0 Å². The van der Waals surface area contributed by atoms with Gasteiger partial charge in [-0.2, -0.15) is 0 Å². The second-order valence-corrected chi connectivity index (χ2v) is 2.82. The van der Waals surface area contributed by atoms with Crippen LogP contribution in [0.1, 0.15) is 11.1 Å². The molecule has 0 radical (unpaired) electrons. The summed E-state index contributed by atoms with van der Waals surface area (Å²) in [5.41, 5.74) is 2.20. The van der Waals surface area contributed by atoms with E-state index in [9.17, 15) is 4.79 Å². The second kappa shape index (κ2) is 4.88. The Labute approximate surface area is 82.9 Å². The van der Waals surface area contributed by atoms with Crippen LogP contribution in [0.25, 0.3) is 6.08 Å². The molecule has 0 saturated heterocycles. The van der Waals surface area contributed by atoms with Crippen molar-refractivity contribution in [3.05, 3.63) is 41.5 Å². The van der Waals surface area contributed by atoms with Crippen LogP contribution in [-0.4, -0.2) is 11.1 Å². The summed E-state index contributed by atoms with van der Waals surface area (Å²) in [6, 6.07) is 7.89. The molecule has 0 atom stereocenters. The van der Waals surface area contributed by atoms with Gasteiger partial charge in [-0.1, -0.05) is 35.7 Å². The van der Waals surface area contributed by atoms with Crippen molar-refractivity contribution in [1.82, 2.24) is 0 Å². The first-order valence-corrected chi connectivity index (χ1v) is 4.16. The Hall–Kier alpha value is -2.01. The van der Waals surface area contributed by atoms with E-state index in [1.54, 1.807) is 6.08 Å². The number of rotatable bonds is 1. The number of carboxylic acid groups (broad SMARTS) is 1. The van der Waals surface area contributed by atoms with Crippen molar-refractivity contribution in [3.8, 4) is 11.8 Å². The van der Waals surface area contributed by atoms with Gasteiger partial charge in [0.05, 0.1) is 0 Å². The topological polar surface area (TPSA) is 37.3 Å². The summed E-state index contributed by atoms with van der Waals surface area (Å²) in [6.07, 6.45) is 3.30. The normalized spacial score (nSPS) is 9.50. The van der Waals surface area contributed by atoms with Gasteiger partial charge in [0.1, 0.15) is 0 Å². The number of hydrogen-bond acceptors (Lipinski definition) is 1. The number of allylic oxidation sites excluding steroid dienone is 1. The molecular formula is C12H10O2. The third-order valence-corrected chi connectivity index (χ3v) is 1.62. The number of aryl methyl sites for hydroxylation is 1. The molecule has 14 heavy (non-hydrogen) atoms. The van der Waals surface area contributed by atoms with Crippen molar-refractivity contribution in [1.29, 1.82) is 0 Å². The van der Waals surface area contributed by atoms with Gasteiger partial charge in [-0.15, -0.1) is 0 Å². The van der Waals surface area contributed by atoms with E-state index in [2.05, 4.69) is 5.92 Å². The summed E-state index contributed by atoms with van der Waals surface area (Å²) in [5, 5.41) is 8.24. The molecule has 0 aliphatic carbocycles. The largest absolute Gasteiger partial charge is 0.472 e. The fourth-order valence-corrected chi connectivity index (χ4v) is 0.919. The minimum Gasteiger partial charge on any atom is -0.472 e. The Morgan fingerprint density at radius 3 is 2.57 bits per heavy atom. The van der Waals surface area contributed by atoms with E-state index in [-0.39, 0.29) is 0 Å². The summed E-state index contributed by atoms with van der Waals surface area (Å²) >= 11 is 0. The standard InChI is InChI=1S/C12H10O2/c1-10-6-8-11(9-7-10)4-2-3-5-12(13)14/h2,4,6-9H,1H3,(H,13,14)/b4-2+. The number of carboxylic acids is 1. The summed E-state index contributed by atoms with van der Waals surface area (Å²) in [6.45, 7) is 2.01. The molecule has 0 amide bonds. The average molecular weight is 186 g/mol. The predicted molar refractivity (Wildman–Crippen MR) is 55.6 cm³/mol. The Morgan fingerprint density at radius 1 is 1.36 bits per heavy atom. The Morgan fingerprint density at radius 2 is 2.00 bits per heavy atom. The number of benzene rings is 1. The van der Waals surface area contributed by atoms with Crippen molar-refractivity contribution < 1.29 is 9.90 Å². The molecule has 0 fully saturated rings. The third kappa shape index (κ3) is 3.59. The highest BCUT2D eigenvalue weighted by molar-refractivity contribution is 5.87. The molecule has 0 aromatic heterocycles. The van der Waals surface area contributed by atoms with Crippen molar-refractivity contribution in [3.63, 3.8) is 0 Å². The van der Waals surface area contributed by atoms with Gasteiger partial charge in [0.25, 0.3) is 0 Å². The molecule has 0 aliphatic rings. The molecule has 1 aromatic carbocycles. The van der Waals surface area contributed by atoms with E-state index in [1.165, 1.54) is 11.6 Å². The molecule has 0 bridgehead atoms. The molecule has 1 N–H and O–H groups in total. The Bertz CT molecular complexity index is 402. The molecule has 0 saturated carbocycles. The maximum absolute atomic E-state index is 10.0. The van der Waals surface area contributed by atoms with Gasteiger partial charge >= 0.3 is 5.97 Å². The van der Waals surface area contributed by atoms with Crippen LogP contribution in [0.4, 0.5) is 0 Å². The van der Waals surface area contributed by atoms with E-state index in [1.807, 2.05) is 37.1 Å². The van der Waals surface area contributed by atoms with E-state index in [0.717, 1.165) is 5.56 Å². The first kappa shape index (κ1) is 10.1. The molecular weight excluding hydrogens is 176 g/mol. The fourth-order valence-electron chi connectivity index (χ4n) is 0.919. The molecule has 2 nitrogen and oxygen atoms in total. The molecule has 0 aliphatic heterocycles. The minimum absolute atomic E-state index is 1.01. The Balaban J connectivity index is 2.66. The van der Waals surface area contributed by atoms with Crippen LogP contribution in [0.15, 0.2) is 30.3 Å². The summed E-state index contributed by atoms with van der Waals surface area (Å²) in [4.78, 5) is 10.0. The van der Waals surface area contributed by atoms with Crippen LogP contribution in [0, 0.1) is 18.8 Å². The summed E-state index contributed by atoms with van der Waals surface area (Å²) in [7, 11) is 0. The fraction of sp³-hybridized carbons (Fsp3) is 0.0833. The number of hydrogen-bond donors (Lipinski definition) is 1. The molecule has 2 heteroatoms. The zero-order valence-electron chi connectivity index (χ0n) is 7.82. The molecule has 1 aromatic rings. The van der Waals surface area contributed by atoms with Crippen LogP contribution >= 0.6 is 0 Å². The van der Waals surface area contributed by atoms with Crippen molar-refractivity contribution >= 4 is 12.0 Å². The lowest BCUT2D eigenvalue weighted by Crippen LogP contribution is -1.85. The molecule has 0 spiro atoms. The molecule has 0 heterocycles. The van der Waals surface area contributed by atoms with Crippen molar-refractivity contribution in [2.75, 3.05) is 0 Å². The van der Waals surface area contributed by atoms with Crippen molar-refractivity contribution in [2.45, 2.75) is 6.92 Å². The zero-order chi connectivity index (χ0) is 10.4. The van der Waals surface area contributed by atoms with Crippen LogP contribution < -0.4 is 0 Å². The lowest BCUT2D eigenvalue weighted by molar-refractivity contribution is -0.130. The quantitative estimate of drug-likeness (QED) is 0.682. The van der Waals surface area contributed by atoms with Gasteiger partial charge in [-0.25, -0.2) is 4.79 Å². The Kier molecular flexibility index (Phi) is 3.51. The highest BCUT2D eigenvalue weighted by atomic mass is 16.4. The number of carbonyl (C=O) groups is 1. The first-order valence-electron chi connectivity index (χ1n) is 4.16. The summed E-state index contributed by atoms with van der Waals surface area (Å²) < 4.78 is 0. The number of aliphatic carboxylic acids is 1. The van der Waals surface area contributed by atoms with E-state index in [0.29, 0.717) is 0 Å². The van der Waals surface area contributed by atoms with Gasteiger partial charge in [-0.3, -0.25) is 0 Å². The van der Waals surface area contributed by atoms with Crippen LogP contribution in [-0.2, 0) is 4.79 Å². The molecule has 0 unspecified atom stereocenters. The van der Waals surface area contributed by atoms with Gasteiger partial charge in [0, 0.05) is 5.92 Å².